The first kappa shape index (κ1) is 16.2. The highest BCUT2D eigenvalue weighted by atomic mass is 19.4. The normalized spacial score (nSPS) is 13.5. The van der Waals surface area contributed by atoms with Crippen molar-refractivity contribution in [3.63, 3.8) is 0 Å². The highest BCUT2D eigenvalue weighted by Gasteiger charge is 2.33. The summed E-state index contributed by atoms with van der Waals surface area (Å²) < 4.78 is 35.8. The quantitative estimate of drug-likeness (QED) is 0.559. The molecule has 0 saturated carbocycles. The molecule has 1 atom stereocenters. The Balaban J connectivity index is 4.12. The smallest absolute Gasteiger partial charge is 0.286 e. The maximum absolute atomic E-state index is 11.9. The van der Waals surface area contributed by atoms with Crippen LogP contribution < -0.4 is 0 Å². The molecule has 0 fully saturated rings. The van der Waals surface area contributed by atoms with Gasteiger partial charge in [0, 0.05) is 0 Å². The predicted octanol–water partition coefficient (Wildman–Crippen LogP) is 3.37. The van der Waals surface area contributed by atoms with E-state index in [2.05, 4.69) is 0 Å². The van der Waals surface area contributed by atoms with Gasteiger partial charge >= 0.3 is 6.18 Å². The van der Waals surface area contributed by atoms with Gasteiger partial charge in [-0.3, -0.25) is 10.0 Å². The molecule has 0 aromatic rings. The lowest BCUT2D eigenvalue weighted by atomic mass is 9.99. The Morgan fingerprint density at radius 3 is 2.35 bits per heavy atom. The van der Waals surface area contributed by atoms with Crippen LogP contribution in [0.5, 0.6) is 0 Å². The average molecular weight is 255 g/mol. The molecule has 1 amide bonds. The molecule has 0 aromatic carbocycles. The fourth-order valence-corrected chi connectivity index (χ4v) is 1.53. The molecule has 0 heterocycles. The zero-order valence-electron chi connectivity index (χ0n) is 10.3. The second-order valence-corrected chi connectivity index (χ2v) is 4.18. The fourth-order valence-electron chi connectivity index (χ4n) is 1.53. The van der Waals surface area contributed by atoms with Crippen LogP contribution in [-0.2, 0) is 4.79 Å². The van der Waals surface area contributed by atoms with E-state index in [9.17, 15) is 23.2 Å². The first-order valence-corrected chi connectivity index (χ1v) is 5.86. The van der Waals surface area contributed by atoms with Gasteiger partial charge in [0.25, 0.3) is 5.91 Å². The third-order valence-electron chi connectivity index (χ3n) is 2.61. The lowest BCUT2D eigenvalue weighted by Crippen LogP contribution is -2.35. The molecule has 0 radical (unpaired) electrons. The number of hydroxylamine groups is 2. The molecule has 0 saturated heterocycles. The van der Waals surface area contributed by atoms with Crippen molar-refractivity contribution in [2.24, 2.45) is 5.92 Å². The van der Waals surface area contributed by atoms with Gasteiger partial charge < -0.3 is 0 Å². The van der Waals surface area contributed by atoms with Gasteiger partial charge in [0.2, 0.25) is 0 Å². The van der Waals surface area contributed by atoms with Gasteiger partial charge in [0.1, 0.15) is 6.42 Å². The van der Waals surface area contributed by atoms with Crippen molar-refractivity contribution in [1.29, 1.82) is 0 Å². The van der Waals surface area contributed by atoms with Crippen molar-refractivity contribution in [2.45, 2.75) is 52.1 Å². The number of halogens is 3. The first-order valence-electron chi connectivity index (χ1n) is 5.86. The molecule has 17 heavy (non-hydrogen) atoms. The summed E-state index contributed by atoms with van der Waals surface area (Å²) in [4.78, 5) is 11.0. The van der Waals surface area contributed by atoms with Crippen LogP contribution in [0, 0.1) is 5.92 Å². The van der Waals surface area contributed by atoms with E-state index in [1.54, 1.807) is 0 Å². The van der Waals surface area contributed by atoms with Crippen LogP contribution >= 0.6 is 0 Å². The summed E-state index contributed by atoms with van der Waals surface area (Å²) in [7, 11) is 0. The lowest BCUT2D eigenvalue weighted by molar-refractivity contribution is -0.189. The van der Waals surface area contributed by atoms with Crippen LogP contribution in [-0.4, -0.2) is 28.9 Å². The summed E-state index contributed by atoms with van der Waals surface area (Å²) in [5, 5.41) is 9.47. The van der Waals surface area contributed by atoms with Crippen molar-refractivity contribution >= 4 is 5.91 Å². The van der Waals surface area contributed by atoms with Gasteiger partial charge in [-0.05, 0) is 12.3 Å². The molecule has 6 heteroatoms. The van der Waals surface area contributed by atoms with Crippen molar-refractivity contribution in [3.05, 3.63) is 0 Å². The van der Waals surface area contributed by atoms with E-state index in [4.69, 9.17) is 0 Å². The van der Waals surface area contributed by atoms with Gasteiger partial charge in [-0.15, -0.1) is 0 Å². The number of hydrogen-bond donors (Lipinski definition) is 1. The van der Waals surface area contributed by atoms with E-state index >= 15 is 0 Å². The largest absolute Gasteiger partial charge is 0.397 e. The second kappa shape index (κ2) is 7.53. The lowest BCUT2D eigenvalue weighted by Gasteiger charge is -2.21. The number of amides is 1. The zero-order valence-corrected chi connectivity index (χ0v) is 10.3. The fraction of sp³-hybridized carbons (Fsp3) is 0.909. The Hall–Kier alpha value is -0.780. The highest BCUT2D eigenvalue weighted by molar-refractivity contribution is 5.75. The average Bonchev–Trinajstić information content (AvgIpc) is 2.21. The van der Waals surface area contributed by atoms with Gasteiger partial charge in [0.05, 0.1) is 6.54 Å². The molecule has 1 unspecified atom stereocenters. The molecular weight excluding hydrogens is 235 g/mol. The number of nitrogens with zero attached hydrogens (tertiary/aromatic N) is 1. The van der Waals surface area contributed by atoms with Crippen molar-refractivity contribution in [2.75, 3.05) is 6.54 Å². The van der Waals surface area contributed by atoms with Crippen molar-refractivity contribution in [1.82, 2.24) is 5.06 Å². The Kier molecular flexibility index (Phi) is 7.18. The molecule has 1 N–H and O–H groups in total. The SMILES string of the molecule is CCCCC(CC)CN(O)C(=O)CC(F)(F)F. The van der Waals surface area contributed by atoms with E-state index in [0.717, 1.165) is 25.7 Å². The third kappa shape index (κ3) is 8.01. The summed E-state index contributed by atoms with van der Waals surface area (Å²) in [6, 6.07) is 0. The minimum absolute atomic E-state index is 0.0224. The van der Waals surface area contributed by atoms with Crippen LogP contribution in [0.4, 0.5) is 13.2 Å². The van der Waals surface area contributed by atoms with E-state index < -0.39 is 18.5 Å². The zero-order chi connectivity index (χ0) is 13.5. The van der Waals surface area contributed by atoms with Gasteiger partial charge in [0.15, 0.2) is 0 Å². The van der Waals surface area contributed by atoms with Crippen LogP contribution in [0.2, 0.25) is 0 Å². The van der Waals surface area contributed by atoms with E-state index in [1.165, 1.54) is 0 Å². The van der Waals surface area contributed by atoms with Crippen LogP contribution in [0.15, 0.2) is 0 Å². The summed E-state index contributed by atoms with van der Waals surface area (Å²) in [6.07, 6.45) is -2.70. The van der Waals surface area contributed by atoms with Crippen LogP contribution in [0.25, 0.3) is 0 Å². The Morgan fingerprint density at radius 2 is 1.94 bits per heavy atom. The van der Waals surface area contributed by atoms with Crippen LogP contribution in [0.3, 0.4) is 0 Å². The number of rotatable bonds is 7. The molecule has 0 aliphatic carbocycles. The summed E-state index contributed by atoms with van der Waals surface area (Å²) >= 11 is 0. The minimum atomic E-state index is -4.57. The Bertz CT molecular complexity index is 231. The number of alkyl halides is 3. The second-order valence-electron chi connectivity index (χ2n) is 4.18. The van der Waals surface area contributed by atoms with E-state index in [1.807, 2.05) is 13.8 Å². The topological polar surface area (TPSA) is 40.5 Å². The third-order valence-corrected chi connectivity index (χ3v) is 2.61. The standard InChI is InChI=1S/C11H20F3NO2/c1-3-5-6-9(4-2)8-15(17)10(16)7-11(12,13)14/h9,17H,3-8H2,1-2H3. The summed E-state index contributed by atoms with van der Waals surface area (Å²) in [5.74, 6) is -1.23. The molecular formula is C11H20F3NO2. The maximum atomic E-state index is 11.9. The van der Waals surface area contributed by atoms with Crippen LogP contribution in [0.1, 0.15) is 46.0 Å². The summed E-state index contributed by atoms with van der Waals surface area (Å²) in [6.45, 7) is 3.88. The van der Waals surface area contributed by atoms with E-state index in [0.29, 0.717) is 0 Å². The molecule has 0 bridgehead atoms. The number of unbranched alkanes of at least 4 members (excludes halogenated alkanes) is 1. The Morgan fingerprint density at radius 1 is 1.35 bits per heavy atom. The number of hydrogen-bond acceptors (Lipinski definition) is 2. The van der Waals surface area contributed by atoms with E-state index in [-0.39, 0.29) is 17.5 Å². The van der Waals surface area contributed by atoms with Gasteiger partial charge in [-0.1, -0.05) is 33.1 Å². The van der Waals surface area contributed by atoms with Crippen molar-refractivity contribution in [3.8, 4) is 0 Å². The molecule has 3 nitrogen and oxygen atoms in total. The number of carbonyl (C=O) groups excluding carboxylic acids is 1. The number of carbonyl (C=O) groups is 1. The molecule has 0 rings (SSSR count). The molecule has 0 spiro atoms. The highest BCUT2D eigenvalue weighted by Crippen LogP contribution is 2.21. The molecule has 0 aliphatic heterocycles. The molecule has 0 aliphatic rings. The minimum Gasteiger partial charge on any atom is -0.286 e. The monoisotopic (exact) mass is 255 g/mol. The molecule has 0 aromatic heterocycles. The molecule has 102 valence electrons. The first-order chi connectivity index (χ1) is 7.80. The summed E-state index contributed by atoms with van der Waals surface area (Å²) in [5.41, 5.74) is 0. The van der Waals surface area contributed by atoms with Gasteiger partial charge in [-0.2, -0.15) is 13.2 Å². The predicted molar refractivity (Wildman–Crippen MR) is 57.5 cm³/mol. The van der Waals surface area contributed by atoms with Crippen molar-refractivity contribution < 1.29 is 23.2 Å². The van der Waals surface area contributed by atoms with Gasteiger partial charge in [-0.25, -0.2) is 5.06 Å². The Labute approximate surface area is 99.6 Å². The maximum Gasteiger partial charge on any atom is 0.397 e.